The van der Waals surface area contributed by atoms with Gasteiger partial charge in [-0.15, -0.1) is 0 Å². The van der Waals surface area contributed by atoms with E-state index in [-0.39, 0.29) is 16.9 Å². The fraction of sp³-hybridized carbons (Fsp3) is 0.909. The molecule has 2 saturated carbocycles. The predicted molar refractivity (Wildman–Crippen MR) is 53.7 cm³/mol. The van der Waals surface area contributed by atoms with Gasteiger partial charge in [0.2, 0.25) is 0 Å². The summed E-state index contributed by atoms with van der Waals surface area (Å²) in [7, 11) is 1.45. The van der Waals surface area contributed by atoms with Crippen molar-refractivity contribution in [2.24, 2.45) is 11.1 Å². The Hall–Kier alpha value is -0.570. The normalized spacial score (nSPS) is 26.4. The smallest absolute Gasteiger partial charge is 0.305 e. The number of hydrogen-bond donors (Lipinski definition) is 1. The van der Waals surface area contributed by atoms with Gasteiger partial charge in [-0.2, -0.15) is 0 Å². The minimum Gasteiger partial charge on any atom is -0.469 e. The Morgan fingerprint density at radius 2 is 2.00 bits per heavy atom. The average Bonchev–Trinajstić information content (AvgIpc) is 2.82. The molecule has 0 bridgehead atoms. The molecular formula is C11H19NO2. The molecule has 2 aliphatic rings. The third kappa shape index (κ3) is 1.44. The lowest BCUT2D eigenvalue weighted by atomic mass is 9.60. The maximum absolute atomic E-state index is 11.1. The van der Waals surface area contributed by atoms with Crippen molar-refractivity contribution < 1.29 is 9.53 Å². The van der Waals surface area contributed by atoms with E-state index >= 15 is 0 Å². The summed E-state index contributed by atoms with van der Waals surface area (Å²) in [6, 6.07) is 0. The Bertz CT molecular complexity index is 242. The first-order valence-electron chi connectivity index (χ1n) is 5.48. The molecule has 0 aliphatic heterocycles. The van der Waals surface area contributed by atoms with Gasteiger partial charge in [-0.1, -0.05) is 6.42 Å². The number of ether oxygens (including phenoxy) is 1. The van der Waals surface area contributed by atoms with Crippen LogP contribution in [0.5, 0.6) is 0 Å². The fourth-order valence-electron chi connectivity index (χ4n) is 2.71. The van der Waals surface area contributed by atoms with Crippen LogP contribution in [0.25, 0.3) is 0 Å². The third-order valence-corrected chi connectivity index (χ3v) is 4.19. The van der Waals surface area contributed by atoms with Gasteiger partial charge in [-0.3, -0.25) is 4.79 Å². The molecule has 0 spiro atoms. The highest BCUT2D eigenvalue weighted by Crippen LogP contribution is 2.60. The number of hydrogen-bond acceptors (Lipinski definition) is 3. The molecule has 2 aliphatic carbocycles. The lowest BCUT2D eigenvalue weighted by molar-refractivity contribution is -0.141. The molecule has 0 aromatic carbocycles. The minimum absolute atomic E-state index is 0.0687. The molecule has 0 heterocycles. The predicted octanol–water partition coefficient (Wildman–Crippen LogP) is 1.60. The number of carbonyl (C=O) groups excluding carboxylic acids is 1. The van der Waals surface area contributed by atoms with Crippen LogP contribution in [0.1, 0.15) is 44.9 Å². The second-order valence-electron chi connectivity index (χ2n) is 4.87. The van der Waals surface area contributed by atoms with Crippen LogP contribution in [-0.4, -0.2) is 18.6 Å². The van der Waals surface area contributed by atoms with Crippen LogP contribution in [0.2, 0.25) is 0 Å². The molecule has 0 radical (unpaired) electrons. The van der Waals surface area contributed by atoms with E-state index < -0.39 is 0 Å². The van der Waals surface area contributed by atoms with Crippen molar-refractivity contribution in [1.29, 1.82) is 0 Å². The lowest BCUT2D eigenvalue weighted by Gasteiger charge is -2.47. The molecule has 0 aromatic heterocycles. The van der Waals surface area contributed by atoms with E-state index in [0.29, 0.717) is 6.42 Å². The summed E-state index contributed by atoms with van der Waals surface area (Å²) in [6.45, 7) is 0. The molecule has 0 aromatic rings. The standard InChI is InChI=1S/C11H19NO2/c1-14-9(13)3-6-10(4-2-5-10)11(12)7-8-11/h2-8,12H2,1H3. The molecule has 3 nitrogen and oxygen atoms in total. The largest absolute Gasteiger partial charge is 0.469 e. The molecule has 2 rings (SSSR count). The Labute approximate surface area is 85.0 Å². The third-order valence-electron chi connectivity index (χ3n) is 4.19. The van der Waals surface area contributed by atoms with E-state index in [4.69, 9.17) is 5.73 Å². The average molecular weight is 197 g/mol. The van der Waals surface area contributed by atoms with Gasteiger partial charge in [0.05, 0.1) is 7.11 Å². The highest BCUT2D eigenvalue weighted by molar-refractivity contribution is 5.69. The highest BCUT2D eigenvalue weighted by Gasteiger charge is 2.58. The van der Waals surface area contributed by atoms with E-state index in [1.54, 1.807) is 0 Å². The first-order chi connectivity index (χ1) is 6.62. The number of rotatable bonds is 4. The lowest BCUT2D eigenvalue weighted by Crippen LogP contribution is -2.49. The molecule has 0 saturated heterocycles. The summed E-state index contributed by atoms with van der Waals surface area (Å²) in [6.07, 6.45) is 7.45. The van der Waals surface area contributed by atoms with Crippen LogP contribution in [0.3, 0.4) is 0 Å². The Kier molecular flexibility index (Phi) is 2.30. The summed E-state index contributed by atoms with van der Waals surface area (Å²) < 4.78 is 4.67. The minimum atomic E-state index is -0.0967. The quantitative estimate of drug-likeness (QED) is 0.696. The van der Waals surface area contributed by atoms with Crippen molar-refractivity contribution in [1.82, 2.24) is 0 Å². The van der Waals surface area contributed by atoms with E-state index in [2.05, 4.69) is 4.74 Å². The summed E-state index contributed by atoms with van der Waals surface area (Å²) in [5, 5.41) is 0. The van der Waals surface area contributed by atoms with Crippen LogP contribution in [0.15, 0.2) is 0 Å². The summed E-state index contributed by atoms with van der Waals surface area (Å²) in [5.41, 5.74) is 6.61. The summed E-state index contributed by atoms with van der Waals surface area (Å²) >= 11 is 0. The SMILES string of the molecule is COC(=O)CCC1(C2(N)CC2)CCC1. The molecule has 0 unspecified atom stereocenters. The van der Waals surface area contributed by atoms with Gasteiger partial charge < -0.3 is 10.5 Å². The first-order valence-corrected chi connectivity index (χ1v) is 5.48. The molecule has 0 atom stereocenters. The molecule has 2 fully saturated rings. The van der Waals surface area contributed by atoms with Crippen molar-refractivity contribution in [3.8, 4) is 0 Å². The van der Waals surface area contributed by atoms with Gasteiger partial charge >= 0.3 is 5.97 Å². The van der Waals surface area contributed by atoms with E-state index in [0.717, 1.165) is 19.3 Å². The molecule has 2 N–H and O–H groups in total. The van der Waals surface area contributed by atoms with E-state index in [9.17, 15) is 4.79 Å². The molecular weight excluding hydrogens is 178 g/mol. The Morgan fingerprint density at radius 1 is 1.36 bits per heavy atom. The Morgan fingerprint density at radius 3 is 2.36 bits per heavy atom. The second-order valence-corrected chi connectivity index (χ2v) is 4.87. The van der Waals surface area contributed by atoms with E-state index in [1.165, 1.54) is 26.4 Å². The van der Waals surface area contributed by atoms with Crippen LogP contribution in [0, 0.1) is 5.41 Å². The summed E-state index contributed by atoms with van der Waals surface area (Å²) in [4.78, 5) is 11.1. The van der Waals surface area contributed by atoms with Crippen molar-refractivity contribution in [2.75, 3.05) is 7.11 Å². The summed E-state index contributed by atoms with van der Waals surface area (Å²) in [5.74, 6) is -0.0967. The Balaban J connectivity index is 1.90. The maximum atomic E-state index is 11.1. The molecule has 3 heteroatoms. The zero-order valence-corrected chi connectivity index (χ0v) is 8.84. The second kappa shape index (κ2) is 3.23. The van der Waals surface area contributed by atoms with E-state index in [1.807, 2.05) is 0 Å². The molecule has 80 valence electrons. The molecule has 0 amide bonds. The number of esters is 1. The zero-order valence-electron chi connectivity index (χ0n) is 8.84. The van der Waals surface area contributed by atoms with Gasteiger partial charge in [-0.25, -0.2) is 0 Å². The number of nitrogens with two attached hydrogens (primary N) is 1. The highest BCUT2D eigenvalue weighted by atomic mass is 16.5. The zero-order chi connectivity index (χ0) is 10.2. The topological polar surface area (TPSA) is 52.3 Å². The molecule has 14 heavy (non-hydrogen) atoms. The van der Waals surface area contributed by atoms with Gasteiger partial charge in [-0.05, 0) is 37.5 Å². The van der Waals surface area contributed by atoms with Gasteiger partial charge in [0.25, 0.3) is 0 Å². The van der Waals surface area contributed by atoms with Crippen molar-refractivity contribution in [2.45, 2.75) is 50.5 Å². The van der Waals surface area contributed by atoms with Crippen LogP contribution >= 0.6 is 0 Å². The number of carbonyl (C=O) groups is 1. The number of methoxy groups -OCH3 is 1. The van der Waals surface area contributed by atoms with Gasteiger partial charge in [0, 0.05) is 12.0 Å². The monoisotopic (exact) mass is 197 g/mol. The van der Waals surface area contributed by atoms with Gasteiger partial charge in [0.15, 0.2) is 0 Å². The van der Waals surface area contributed by atoms with Crippen molar-refractivity contribution in [3.63, 3.8) is 0 Å². The maximum Gasteiger partial charge on any atom is 0.305 e. The van der Waals surface area contributed by atoms with Crippen LogP contribution in [-0.2, 0) is 9.53 Å². The van der Waals surface area contributed by atoms with Gasteiger partial charge in [0.1, 0.15) is 0 Å². The fourth-order valence-corrected chi connectivity index (χ4v) is 2.71. The van der Waals surface area contributed by atoms with Crippen LogP contribution in [0.4, 0.5) is 0 Å². The first kappa shape index (κ1) is 9.97. The van der Waals surface area contributed by atoms with Crippen molar-refractivity contribution >= 4 is 5.97 Å². The van der Waals surface area contributed by atoms with Crippen LogP contribution < -0.4 is 5.73 Å². The van der Waals surface area contributed by atoms with Crippen molar-refractivity contribution in [3.05, 3.63) is 0 Å².